The van der Waals surface area contributed by atoms with Crippen LogP contribution in [0.15, 0.2) is 29.6 Å². The van der Waals surface area contributed by atoms with Gasteiger partial charge in [0.1, 0.15) is 17.5 Å². The first kappa shape index (κ1) is 17.6. The molecule has 2 N–H and O–H groups in total. The molecule has 8 heteroatoms. The van der Waals surface area contributed by atoms with Crippen LogP contribution < -0.4 is 15.2 Å². The Morgan fingerprint density at radius 2 is 2.04 bits per heavy atom. The fourth-order valence-electron chi connectivity index (χ4n) is 1.96. The van der Waals surface area contributed by atoms with E-state index in [4.69, 9.17) is 20.5 Å². The molecular formula is C16H16N4O3S. The number of methoxy groups -OCH3 is 2. The van der Waals surface area contributed by atoms with Crippen LogP contribution in [0, 0.1) is 11.3 Å². The molecule has 0 aliphatic heterocycles. The lowest BCUT2D eigenvalue weighted by Gasteiger charge is -2.12. The third-order valence-electron chi connectivity index (χ3n) is 3.24. The third kappa shape index (κ3) is 3.75. The van der Waals surface area contributed by atoms with E-state index in [0.717, 1.165) is 0 Å². The summed E-state index contributed by atoms with van der Waals surface area (Å²) >= 11 is 1.17. The van der Waals surface area contributed by atoms with Crippen LogP contribution >= 0.6 is 11.8 Å². The number of nitrogen functional groups attached to an aromatic ring is 1. The van der Waals surface area contributed by atoms with E-state index in [1.165, 1.54) is 32.2 Å². The number of nitrogens with zero attached hydrogens (tertiary/aromatic N) is 3. The van der Waals surface area contributed by atoms with Crippen LogP contribution in [0.4, 0.5) is 5.82 Å². The highest BCUT2D eigenvalue weighted by Gasteiger charge is 2.20. The number of ketones is 1. The zero-order valence-electron chi connectivity index (χ0n) is 13.4. The number of hydrogen-bond acceptors (Lipinski definition) is 8. The molecule has 1 heterocycles. The summed E-state index contributed by atoms with van der Waals surface area (Å²) in [6.45, 7) is 1.75. The molecule has 2 rings (SSSR count). The first-order valence-electron chi connectivity index (χ1n) is 6.95. The quantitative estimate of drug-likeness (QED) is 0.483. The van der Waals surface area contributed by atoms with Crippen LogP contribution in [0.1, 0.15) is 22.8 Å². The Morgan fingerprint density at radius 3 is 2.62 bits per heavy atom. The van der Waals surface area contributed by atoms with Crippen LogP contribution in [-0.2, 0) is 0 Å². The van der Waals surface area contributed by atoms with Gasteiger partial charge in [-0.15, -0.1) is 0 Å². The van der Waals surface area contributed by atoms with Gasteiger partial charge in [0, 0.05) is 5.56 Å². The maximum Gasteiger partial charge on any atom is 0.190 e. The van der Waals surface area contributed by atoms with Crippen molar-refractivity contribution in [3.05, 3.63) is 35.5 Å². The number of aromatic nitrogens is 2. The van der Waals surface area contributed by atoms with E-state index in [-0.39, 0.29) is 17.2 Å². The van der Waals surface area contributed by atoms with E-state index in [2.05, 4.69) is 9.97 Å². The molecule has 0 bridgehead atoms. The standard InChI is InChI=1S/C16H16N4O3S/c1-9(24-16-19-8-11(7-17)15(18)20-16)14(21)10-4-5-12(22-2)13(6-10)23-3/h4-6,8-9H,1-3H3,(H2,18,19,20)/t9-/m1/s1. The highest BCUT2D eigenvalue weighted by Crippen LogP contribution is 2.30. The second-order valence-corrected chi connectivity index (χ2v) is 6.07. The largest absolute Gasteiger partial charge is 0.493 e. The van der Waals surface area contributed by atoms with E-state index in [1.807, 2.05) is 6.07 Å². The average Bonchev–Trinajstić information content (AvgIpc) is 2.60. The molecule has 0 fully saturated rings. The molecule has 1 aromatic heterocycles. The molecular weight excluding hydrogens is 328 g/mol. The van der Waals surface area contributed by atoms with Gasteiger partial charge in [0.15, 0.2) is 22.4 Å². The number of ether oxygens (including phenoxy) is 2. The number of carbonyl (C=O) groups excluding carboxylic acids is 1. The van der Waals surface area contributed by atoms with Crippen LogP contribution in [-0.4, -0.2) is 35.2 Å². The molecule has 0 saturated carbocycles. The van der Waals surface area contributed by atoms with E-state index in [0.29, 0.717) is 22.2 Å². The summed E-state index contributed by atoms with van der Waals surface area (Å²) in [5.41, 5.74) is 6.36. The zero-order valence-corrected chi connectivity index (χ0v) is 14.3. The minimum atomic E-state index is -0.435. The van der Waals surface area contributed by atoms with Gasteiger partial charge in [-0.25, -0.2) is 9.97 Å². The highest BCUT2D eigenvalue weighted by atomic mass is 32.2. The number of nitrogens with two attached hydrogens (primary N) is 1. The van der Waals surface area contributed by atoms with E-state index < -0.39 is 5.25 Å². The van der Waals surface area contributed by atoms with Crippen molar-refractivity contribution in [3.8, 4) is 17.6 Å². The van der Waals surface area contributed by atoms with Crippen LogP contribution in [0.3, 0.4) is 0 Å². The predicted octanol–water partition coefficient (Wildman–Crippen LogP) is 2.31. The fraction of sp³-hybridized carbons (Fsp3) is 0.250. The Labute approximate surface area is 143 Å². The second kappa shape index (κ2) is 7.66. The SMILES string of the molecule is COc1ccc(C(=O)[C@@H](C)Sc2ncc(C#N)c(N)n2)cc1OC. The number of rotatable bonds is 6. The zero-order chi connectivity index (χ0) is 17.7. The molecule has 0 aliphatic rings. The van der Waals surface area contributed by atoms with Gasteiger partial charge in [-0.05, 0) is 25.1 Å². The van der Waals surface area contributed by atoms with E-state index in [9.17, 15) is 4.79 Å². The van der Waals surface area contributed by atoms with Crippen molar-refractivity contribution in [1.29, 1.82) is 5.26 Å². The van der Waals surface area contributed by atoms with Crippen molar-refractivity contribution >= 4 is 23.4 Å². The first-order chi connectivity index (χ1) is 11.5. The number of carbonyl (C=O) groups is 1. The van der Waals surface area contributed by atoms with Gasteiger partial charge in [-0.3, -0.25) is 4.79 Å². The molecule has 1 atom stereocenters. The van der Waals surface area contributed by atoms with Crippen molar-refractivity contribution in [3.63, 3.8) is 0 Å². The average molecular weight is 344 g/mol. The third-order valence-corrected chi connectivity index (χ3v) is 4.21. The lowest BCUT2D eigenvalue weighted by Crippen LogP contribution is -2.14. The second-order valence-electron chi connectivity index (χ2n) is 4.76. The summed E-state index contributed by atoms with van der Waals surface area (Å²) in [5.74, 6) is 1.03. The Hall–Kier alpha value is -2.79. The lowest BCUT2D eigenvalue weighted by atomic mass is 10.1. The molecule has 24 heavy (non-hydrogen) atoms. The highest BCUT2D eigenvalue weighted by molar-refractivity contribution is 8.00. The van der Waals surface area contributed by atoms with Gasteiger partial charge in [0.2, 0.25) is 0 Å². The summed E-state index contributed by atoms with van der Waals surface area (Å²) in [4.78, 5) is 20.6. The monoisotopic (exact) mass is 344 g/mol. The summed E-state index contributed by atoms with van der Waals surface area (Å²) in [6, 6.07) is 6.88. The minimum Gasteiger partial charge on any atom is -0.493 e. The fourth-order valence-corrected chi connectivity index (χ4v) is 2.78. The maximum atomic E-state index is 12.6. The molecule has 0 amide bonds. The van der Waals surface area contributed by atoms with Crippen molar-refractivity contribution in [2.24, 2.45) is 0 Å². The summed E-state index contributed by atoms with van der Waals surface area (Å²) in [5, 5.41) is 8.73. The van der Waals surface area contributed by atoms with Crippen LogP contribution in [0.2, 0.25) is 0 Å². The van der Waals surface area contributed by atoms with Gasteiger partial charge >= 0.3 is 0 Å². The number of hydrogen-bond donors (Lipinski definition) is 1. The van der Waals surface area contributed by atoms with Gasteiger partial charge < -0.3 is 15.2 Å². The first-order valence-corrected chi connectivity index (χ1v) is 7.83. The molecule has 0 saturated heterocycles. The maximum absolute atomic E-state index is 12.6. The smallest absolute Gasteiger partial charge is 0.190 e. The van der Waals surface area contributed by atoms with Crippen molar-refractivity contribution in [2.75, 3.05) is 20.0 Å². The normalized spacial score (nSPS) is 11.4. The molecule has 0 radical (unpaired) electrons. The van der Waals surface area contributed by atoms with Crippen molar-refractivity contribution in [1.82, 2.24) is 9.97 Å². The van der Waals surface area contributed by atoms with Crippen LogP contribution in [0.25, 0.3) is 0 Å². The Bertz CT molecular complexity index is 804. The molecule has 2 aromatic rings. The van der Waals surface area contributed by atoms with Gasteiger partial charge in [0.25, 0.3) is 0 Å². The Balaban J connectivity index is 2.18. The van der Waals surface area contributed by atoms with Crippen molar-refractivity contribution in [2.45, 2.75) is 17.3 Å². The number of Topliss-reactive ketones (excluding diaryl/α,β-unsaturated/α-hetero) is 1. The van der Waals surface area contributed by atoms with Gasteiger partial charge in [-0.1, -0.05) is 11.8 Å². The van der Waals surface area contributed by atoms with Crippen molar-refractivity contribution < 1.29 is 14.3 Å². The Kier molecular flexibility index (Phi) is 5.60. The lowest BCUT2D eigenvalue weighted by molar-refractivity contribution is 0.0993. The minimum absolute atomic E-state index is 0.0979. The molecule has 124 valence electrons. The predicted molar refractivity (Wildman–Crippen MR) is 90.4 cm³/mol. The summed E-state index contributed by atoms with van der Waals surface area (Å²) in [6.07, 6.45) is 1.35. The summed E-state index contributed by atoms with van der Waals surface area (Å²) < 4.78 is 10.4. The van der Waals surface area contributed by atoms with Crippen LogP contribution in [0.5, 0.6) is 11.5 Å². The van der Waals surface area contributed by atoms with E-state index >= 15 is 0 Å². The molecule has 7 nitrogen and oxygen atoms in total. The number of anilines is 1. The molecule has 1 aromatic carbocycles. The molecule has 0 aliphatic carbocycles. The molecule has 0 unspecified atom stereocenters. The van der Waals surface area contributed by atoms with E-state index in [1.54, 1.807) is 25.1 Å². The van der Waals surface area contributed by atoms with Gasteiger partial charge in [-0.2, -0.15) is 5.26 Å². The number of nitriles is 1. The number of benzene rings is 1. The van der Waals surface area contributed by atoms with Gasteiger partial charge in [0.05, 0.1) is 25.7 Å². The summed E-state index contributed by atoms with van der Waals surface area (Å²) in [7, 11) is 3.04. The number of thioether (sulfide) groups is 1. The molecule has 0 spiro atoms. The topological polar surface area (TPSA) is 111 Å². The Morgan fingerprint density at radius 1 is 1.33 bits per heavy atom.